The lowest BCUT2D eigenvalue weighted by Gasteiger charge is -2.16. The summed E-state index contributed by atoms with van der Waals surface area (Å²) < 4.78 is 0. The second-order valence-electron chi connectivity index (χ2n) is 5.33. The molecule has 0 radical (unpaired) electrons. The molecular formula is C18H20N2. The minimum atomic E-state index is 1.00. The van der Waals surface area contributed by atoms with Crippen molar-refractivity contribution in [3.05, 3.63) is 71.9 Å². The van der Waals surface area contributed by atoms with Crippen LogP contribution in [0.1, 0.15) is 11.1 Å². The molecule has 0 spiro atoms. The first-order valence-corrected chi connectivity index (χ1v) is 7.10. The van der Waals surface area contributed by atoms with E-state index in [-0.39, 0.29) is 0 Å². The summed E-state index contributed by atoms with van der Waals surface area (Å²) in [6.45, 7) is 2.07. The van der Waals surface area contributed by atoms with Crippen LogP contribution < -0.4 is 0 Å². The number of hydrogen-bond acceptors (Lipinski definition) is 1. The van der Waals surface area contributed by atoms with Gasteiger partial charge >= 0.3 is 0 Å². The van der Waals surface area contributed by atoms with Gasteiger partial charge in [0.05, 0.1) is 0 Å². The summed E-state index contributed by atoms with van der Waals surface area (Å²) in [6, 6.07) is 19.1. The predicted octanol–water partition coefficient (Wildman–Crippen LogP) is 3.84. The van der Waals surface area contributed by atoms with Crippen LogP contribution in [0.3, 0.4) is 0 Å². The maximum absolute atomic E-state index is 3.34. The molecule has 1 N–H and O–H groups in total. The van der Waals surface area contributed by atoms with Crippen LogP contribution in [-0.2, 0) is 13.0 Å². The summed E-state index contributed by atoms with van der Waals surface area (Å²) in [7, 11) is 2.18. The number of hydrogen-bond donors (Lipinski definition) is 1. The van der Waals surface area contributed by atoms with Crippen LogP contribution in [0.15, 0.2) is 60.8 Å². The lowest BCUT2D eigenvalue weighted by atomic mass is 10.1. The van der Waals surface area contributed by atoms with Gasteiger partial charge in [0.15, 0.2) is 0 Å². The lowest BCUT2D eigenvalue weighted by Crippen LogP contribution is -2.20. The Morgan fingerprint density at radius 3 is 2.55 bits per heavy atom. The fourth-order valence-corrected chi connectivity index (χ4v) is 2.62. The predicted molar refractivity (Wildman–Crippen MR) is 84.8 cm³/mol. The molecule has 0 amide bonds. The largest absolute Gasteiger partial charge is 0.361 e. The zero-order valence-electron chi connectivity index (χ0n) is 11.8. The monoisotopic (exact) mass is 264 g/mol. The van der Waals surface area contributed by atoms with E-state index in [1.165, 1.54) is 22.0 Å². The molecule has 0 unspecified atom stereocenters. The maximum atomic E-state index is 3.34. The molecular weight excluding hydrogens is 244 g/mol. The highest BCUT2D eigenvalue weighted by Crippen LogP contribution is 2.18. The Kier molecular flexibility index (Phi) is 3.84. The van der Waals surface area contributed by atoms with Gasteiger partial charge in [-0.25, -0.2) is 0 Å². The molecule has 2 nitrogen and oxygen atoms in total. The summed E-state index contributed by atoms with van der Waals surface area (Å²) in [4.78, 5) is 5.72. The number of H-pyrrole nitrogens is 1. The van der Waals surface area contributed by atoms with Crippen molar-refractivity contribution in [1.82, 2.24) is 9.88 Å². The van der Waals surface area contributed by atoms with Gasteiger partial charge in [-0.3, -0.25) is 0 Å². The number of benzene rings is 2. The third-order valence-corrected chi connectivity index (χ3v) is 3.73. The number of likely N-dealkylation sites (N-methyl/N-ethyl adjacent to an activating group) is 1. The molecule has 0 saturated heterocycles. The van der Waals surface area contributed by atoms with E-state index in [4.69, 9.17) is 0 Å². The van der Waals surface area contributed by atoms with Crippen LogP contribution in [0, 0.1) is 0 Å². The highest BCUT2D eigenvalue weighted by molar-refractivity contribution is 5.83. The Bertz CT molecular complexity index is 670. The van der Waals surface area contributed by atoms with Crippen molar-refractivity contribution >= 4 is 10.9 Å². The highest BCUT2D eigenvalue weighted by atomic mass is 15.1. The maximum Gasteiger partial charge on any atom is 0.0456 e. The molecule has 3 aromatic rings. The van der Waals surface area contributed by atoms with Gasteiger partial charge in [0, 0.05) is 30.2 Å². The molecule has 102 valence electrons. The standard InChI is InChI=1S/C18H20N2/c1-20(14-15-7-3-2-4-8-15)12-11-16-13-19-18-10-6-5-9-17(16)18/h2-10,13,19H,11-12,14H2,1H3. The zero-order chi connectivity index (χ0) is 13.8. The van der Waals surface area contributed by atoms with E-state index in [1.807, 2.05) is 0 Å². The fraction of sp³-hybridized carbons (Fsp3) is 0.222. The Labute approximate surface area is 120 Å². The van der Waals surface area contributed by atoms with Gasteiger partial charge in [0.25, 0.3) is 0 Å². The van der Waals surface area contributed by atoms with Gasteiger partial charge in [-0.1, -0.05) is 48.5 Å². The van der Waals surface area contributed by atoms with Gasteiger partial charge in [-0.2, -0.15) is 0 Å². The summed E-state index contributed by atoms with van der Waals surface area (Å²) in [6.07, 6.45) is 3.22. The number of para-hydroxylation sites is 1. The van der Waals surface area contributed by atoms with Crippen molar-refractivity contribution < 1.29 is 0 Å². The summed E-state index contributed by atoms with van der Waals surface area (Å²) in [5, 5.41) is 1.35. The van der Waals surface area contributed by atoms with E-state index in [1.54, 1.807) is 0 Å². The van der Waals surface area contributed by atoms with Gasteiger partial charge < -0.3 is 9.88 Å². The second kappa shape index (κ2) is 5.93. The van der Waals surface area contributed by atoms with E-state index in [9.17, 15) is 0 Å². The summed E-state index contributed by atoms with van der Waals surface area (Å²) >= 11 is 0. The van der Waals surface area contributed by atoms with E-state index in [2.05, 4.69) is 77.7 Å². The molecule has 0 bridgehead atoms. The summed E-state index contributed by atoms with van der Waals surface area (Å²) in [5.74, 6) is 0. The van der Waals surface area contributed by atoms with Crippen molar-refractivity contribution in [2.45, 2.75) is 13.0 Å². The minimum absolute atomic E-state index is 1.00. The van der Waals surface area contributed by atoms with E-state index < -0.39 is 0 Å². The molecule has 0 fully saturated rings. The van der Waals surface area contributed by atoms with Crippen molar-refractivity contribution in [2.75, 3.05) is 13.6 Å². The smallest absolute Gasteiger partial charge is 0.0456 e. The Balaban J connectivity index is 1.62. The van der Waals surface area contributed by atoms with Crippen LogP contribution in [0.5, 0.6) is 0 Å². The number of fused-ring (bicyclic) bond motifs is 1. The number of aromatic amines is 1. The molecule has 1 heterocycles. The normalized spacial score (nSPS) is 11.3. The molecule has 0 atom stereocenters. The average Bonchev–Trinajstić information content (AvgIpc) is 2.89. The fourth-order valence-electron chi connectivity index (χ4n) is 2.62. The first kappa shape index (κ1) is 12.9. The van der Waals surface area contributed by atoms with Crippen LogP contribution in [0.2, 0.25) is 0 Å². The molecule has 1 aromatic heterocycles. The number of aromatic nitrogens is 1. The Hall–Kier alpha value is -2.06. The molecule has 3 rings (SSSR count). The van der Waals surface area contributed by atoms with Crippen molar-refractivity contribution in [1.29, 1.82) is 0 Å². The molecule has 0 aliphatic rings. The minimum Gasteiger partial charge on any atom is -0.361 e. The first-order valence-electron chi connectivity index (χ1n) is 7.10. The van der Waals surface area contributed by atoms with Crippen molar-refractivity contribution in [3.8, 4) is 0 Å². The summed E-state index contributed by atoms with van der Waals surface area (Å²) in [5.41, 5.74) is 4.00. The van der Waals surface area contributed by atoms with Gasteiger partial charge in [-0.05, 0) is 30.7 Å². The highest BCUT2D eigenvalue weighted by Gasteiger charge is 2.05. The number of rotatable bonds is 5. The number of nitrogens with one attached hydrogen (secondary N) is 1. The van der Waals surface area contributed by atoms with Gasteiger partial charge in [0.1, 0.15) is 0 Å². The molecule has 2 heteroatoms. The third kappa shape index (κ3) is 2.91. The van der Waals surface area contributed by atoms with Crippen molar-refractivity contribution in [3.63, 3.8) is 0 Å². The molecule has 20 heavy (non-hydrogen) atoms. The quantitative estimate of drug-likeness (QED) is 0.741. The lowest BCUT2D eigenvalue weighted by molar-refractivity contribution is 0.331. The third-order valence-electron chi connectivity index (χ3n) is 3.73. The van der Waals surface area contributed by atoms with Gasteiger partial charge in [-0.15, -0.1) is 0 Å². The number of nitrogens with zero attached hydrogens (tertiary/aromatic N) is 1. The molecule has 0 aliphatic heterocycles. The molecule has 0 aliphatic carbocycles. The average molecular weight is 264 g/mol. The van der Waals surface area contributed by atoms with Crippen LogP contribution in [-0.4, -0.2) is 23.5 Å². The Morgan fingerprint density at radius 2 is 1.70 bits per heavy atom. The zero-order valence-corrected chi connectivity index (χ0v) is 11.8. The van der Waals surface area contributed by atoms with Gasteiger partial charge in [0.2, 0.25) is 0 Å². The van der Waals surface area contributed by atoms with Crippen LogP contribution >= 0.6 is 0 Å². The Morgan fingerprint density at radius 1 is 0.950 bits per heavy atom. The SMILES string of the molecule is CN(CCc1c[nH]c2ccccc12)Cc1ccccc1. The first-order chi connectivity index (χ1) is 9.83. The van der Waals surface area contributed by atoms with Crippen LogP contribution in [0.25, 0.3) is 10.9 Å². The molecule has 0 saturated carbocycles. The van der Waals surface area contributed by atoms with Crippen molar-refractivity contribution in [2.24, 2.45) is 0 Å². The van der Waals surface area contributed by atoms with E-state index >= 15 is 0 Å². The topological polar surface area (TPSA) is 19.0 Å². The van der Waals surface area contributed by atoms with Crippen LogP contribution in [0.4, 0.5) is 0 Å². The molecule has 2 aromatic carbocycles. The van der Waals surface area contributed by atoms with E-state index in [0.29, 0.717) is 0 Å². The van der Waals surface area contributed by atoms with E-state index in [0.717, 1.165) is 19.5 Å². The second-order valence-corrected chi connectivity index (χ2v) is 5.33.